The third kappa shape index (κ3) is 3.79. The van der Waals surface area contributed by atoms with Crippen molar-refractivity contribution in [3.05, 3.63) is 39.8 Å². The average Bonchev–Trinajstić information content (AvgIpc) is 2.84. The number of aryl methyl sites for hydroxylation is 1. The maximum atomic E-state index is 4.25. The molecule has 0 aliphatic heterocycles. The zero-order valence-corrected chi connectivity index (χ0v) is 13.5. The van der Waals surface area contributed by atoms with Crippen LogP contribution in [0.2, 0.25) is 0 Å². The standard InChI is InChI=1S/C16H23N3S/c1-5-8-14-18-19-15(20-14)11-17-13-10-7-6-9-12(13)16(2,3)4/h6-7,9-10,17H,5,8,11H2,1-4H3. The second kappa shape index (κ2) is 6.35. The van der Waals surface area contributed by atoms with Crippen molar-refractivity contribution in [2.24, 2.45) is 0 Å². The van der Waals surface area contributed by atoms with E-state index < -0.39 is 0 Å². The Morgan fingerprint density at radius 1 is 1.10 bits per heavy atom. The number of nitrogens with zero attached hydrogens (tertiary/aromatic N) is 2. The molecule has 0 atom stereocenters. The van der Waals surface area contributed by atoms with Gasteiger partial charge < -0.3 is 5.32 Å². The molecular formula is C16H23N3S. The molecule has 0 aliphatic carbocycles. The summed E-state index contributed by atoms with van der Waals surface area (Å²) in [6.07, 6.45) is 2.14. The molecule has 0 fully saturated rings. The Balaban J connectivity index is 2.07. The van der Waals surface area contributed by atoms with Gasteiger partial charge in [0.25, 0.3) is 0 Å². The molecule has 20 heavy (non-hydrogen) atoms. The van der Waals surface area contributed by atoms with Crippen LogP contribution in [0.25, 0.3) is 0 Å². The summed E-state index contributed by atoms with van der Waals surface area (Å²) < 4.78 is 0. The summed E-state index contributed by atoms with van der Waals surface area (Å²) in [4.78, 5) is 0. The minimum atomic E-state index is 0.137. The van der Waals surface area contributed by atoms with Crippen molar-refractivity contribution in [1.29, 1.82) is 0 Å². The van der Waals surface area contributed by atoms with Gasteiger partial charge in [-0.1, -0.05) is 57.2 Å². The summed E-state index contributed by atoms with van der Waals surface area (Å²) >= 11 is 1.71. The second-order valence-electron chi connectivity index (χ2n) is 5.99. The van der Waals surface area contributed by atoms with Crippen molar-refractivity contribution < 1.29 is 0 Å². The van der Waals surface area contributed by atoms with E-state index in [-0.39, 0.29) is 5.41 Å². The van der Waals surface area contributed by atoms with Crippen LogP contribution in [0.5, 0.6) is 0 Å². The Morgan fingerprint density at radius 2 is 1.80 bits per heavy atom. The van der Waals surface area contributed by atoms with Gasteiger partial charge in [-0.05, 0) is 23.5 Å². The number of benzene rings is 1. The molecule has 108 valence electrons. The van der Waals surface area contributed by atoms with Crippen molar-refractivity contribution in [3.8, 4) is 0 Å². The monoisotopic (exact) mass is 289 g/mol. The highest BCUT2D eigenvalue weighted by Crippen LogP contribution is 2.29. The van der Waals surface area contributed by atoms with Gasteiger partial charge in [0.05, 0.1) is 6.54 Å². The van der Waals surface area contributed by atoms with E-state index in [9.17, 15) is 0 Å². The number of hydrogen-bond acceptors (Lipinski definition) is 4. The Labute approximate surface area is 125 Å². The molecule has 0 saturated heterocycles. The van der Waals surface area contributed by atoms with Crippen molar-refractivity contribution in [2.75, 3.05) is 5.32 Å². The molecule has 0 bridgehead atoms. The average molecular weight is 289 g/mol. The van der Waals surface area contributed by atoms with Crippen molar-refractivity contribution in [2.45, 2.75) is 52.5 Å². The van der Waals surface area contributed by atoms with Gasteiger partial charge in [0.15, 0.2) is 0 Å². The van der Waals surface area contributed by atoms with Crippen molar-refractivity contribution >= 4 is 17.0 Å². The van der Waals surface area contributed by atoms with E-state index in [1.807, 2.05) is 0 Å². The maximum Gasteiger partial charge on any atom is 0.136 e. The molecule has 3 nitrogen and oxygen atoms in total. The summed E-state index contributed by atoms with van der Waals surface area (Å²) in [6.45, 7) is 9.61. The Bertz CT molecular complexity index is 555. The maximum absolute atomic E-state index is 4.25. The van der Waals surface area contributed by atoms with Gasteiger partial charge in [0.1, 0.15) is 10.0 Å². The highest BCUT2D eigenvalue weighted by atomic mass is 32.1. The molecule has 1 heterocycles. The summed E-state index contributed by atoms with van der Waals surface area (Å²) in [5.74, 6) is 0. The molecular weight excluding hydrogens is 266 g/mol. The van der Waals surface area contributed by atoms with Crippen molar-refractivity contribution in [3.63, 3.8) is 0 Å². The highest BCUT2D eigenvalue weighted by Gasteiger charge is 2.17. The zero-order valence-electron chi connectivity index (χ0n) is 12.7. The molecule has 1 aromatic carbocycles. The van der Waals surface area contributed by atoms with Crippen LogP contribution in [0.15, 0.2) is 24.3 Å². The zero-order chi connectivity index (χ0) is 14.6. The quantitative estimate of drug-likeness (QED) is 0.886. The fourth-order valence-electron chi connectivity index (χ4n) is 2.14. The SMILES string of the molecule is CCCc1nnc(CNc2ccccc2C(C)(C)C)s1. The van der Waals surface area contributed by atoms with Crippen LogP contribution in [-0.2, 0) is 18.4 Å². The fraction of sp³-hybridized carbons (Fsp3) is 0.500. The molecule has 0 spiro atoms. The van der Waals surface area contributed by atoms with Crippen LogP contribution in [0, 0.1) is 0 Å². The minimum absolute atomic E-state index is 0.137. The number of hydrogen-bond donors (Lipinski definition) is 1. The number of anilines is 1. The summed E-state index contributed by atoms with van der Waals surface area (Å²) in [5.41, 5.74) is 2.66. The Kier molecular flexibility index (Phi) is 4.76. The molecule has 4 heteroatoms. The van der Waals surface area contributed by atoms with Crippen LogP contribution in [0.3, 0.4) is 0 Å². The first kappa shape index (κ1) is 15.0. The predicted octanol–water partition coefficient (Wildman–Crippen LogP) is 4.40. The van der Waals surface area contributed by atoms with Gasteiger partial charge in [-0.3, -0.25) is 0 Å². The molecule has 2 rings (SSSR count). The predicted molar refractivity (Wildman–Crippen MR) is 86.4 cm³/mol. The fourth-order valence-corrected chi connectivity index (χ4v) is 3.02. The summed E-state index contributed by atoms with van der Waals surface area (Å²) in [5, 5.41) is 14.2. The third-order valence-corrected chi connectivity index (χ3v) is 4.12. The van der Waals surface area contributed by atoms with E-state index in [0.717, 1.165) is 29.4 Å². The van der Waals surface area contributed by atoms with Gasteiger partial charge in [0.2, 0.25) is 0 Å². The molecule has 0 unspecified atom stereocenters. The molecule has 0 aliphatic rings. The van der Waals surface area contributed by atoms with Crippen molar-refractivity contribution in [1.82, 2.24) is 10.2 Å². The molecule has 0 radical (unpaired) electrons. The lowest BCUT2D eigenvalue weighted by atomic mass is 9.86. The van der Waals surface area contributed by atoms with E-state index >= 15 is 0 Å². The first-order valence-electron chi connectivity index (χ1n) is 7.15. The molecule has 0 amide bonds. The first-order valence-corrected chi connectivity index (χ1v) is 7.97. The normalized spacial score (nSPS) is 11.6. The summed E-state index contributed by atoms with van der Waals surface area (Å²) in [7, 11) is 0. The molecule has 1 N–H and O–H groups in total. The lowest BCUT2D eigenvalue weighted by molar-refractivity contribution is 0.591. The highest BCUT2D eigenvalue weighted by molar-refractivity contribution is 7.11. The van der Waals surface area contributed by atoms with Crippen LogP contribution in [0.1, 0.15) is 49.7 Å². The lowest BCUT2D eigenvalue weighted by Crippen LogP contribution is -2.14. The van der Waals surface area contributed by atoms with Gasteiger partial charge in [-0.15, -0.1) is 10.2 Å². The molecule has 0 saturated carbocycles. The van der Waals surface area contributed by atoms with Gasteiger partial charge in [-0.25, -0.2) is 0 Å². The topological polar surface area (TPSA) is 37.8 Å². The number of rotatable bonds is 5. The van der Waals surface area contributed by atoms with E-state index in [0.29, 0.717) is 0 Å². The smallest absolute Gasteiger partial charge is 0.136 e. The largest absolute Gasteiger partial charge is 0.378 e. The van der Waals surface area contributed by atoms with Crippen LogP contribution < -0.4 is 5.32 Å². The number of nitrogens with one attached hydrogen (secondary N) is 1. The van der Waals surface area contributed by atoms with E-state index in [1.165, 1.54) is 11.3 Å². The Hall–Kier alpha value is -1.42. The number of para-hydroxylation sites is 1. The number of aromatic nitrogens is 2. The van der Waals surface area contributed by atoms with E-state index in [2.05, 4.69) is 67.5 Å². The minimum Gasteiger partial charge on any atom is -0.378 e. The summed E-state index contributed by atoms with van der Waals surface area (Å²) in [6, 6.07) is 8.48. The van der Waals surface area contributed by atoms with Gasteiger partial charge in [0, 0.05) is 12.1 Å². The second-order valence-corrected chi connectivity index (χ2v) is 7.14. The van der Waals surface area contributed by atoms with Crippen LogP contribution >= 0.6 is 11.3 Å². The third-order valence-electron chi connectivity index (χ3n) is 3.14. The van der Waals surface area contributed by atoms with E-state index in [1.54, 1.807) is 11.3 Å². The van der Waals surface area contributed by atoms with Gasteiger partial charge >= 0.3 is 0 Å². The molecule has 2 aromatic rings. The van der Waals surface area contributed by atoms with Gasteiger partial charge in [-0.2, -0.15) is 0 Å². The van der Waals surface area contributed by atoms with Crippen LogP contribution in [0.4, 0.5) is 5.69 Å². The molecule has 1 aromatic heterocycles. The first-order chi connectivity index (χ1) is 9.50. The Morgan fingerprint density at radius 3 is 2.50 bits per heavy atom. The lowest BCUT2D eigenvalue weighted by Gasteiger charge is -2.23. The van der Waals surface area contributed by atoms with Crippen LogP contribution in [-0.4, -0.2) is 10.2 Å². The van der Waals surface area contributed by atoms with E-state index in [4.69, 9.17) is 0 Å².